The fourth-order valence-electron chi connectivity index (χ4n) is 9.10. The van der Waals surface area contributed by atoms with E-state index in [1.54, 1.807) is 112 Å². The molecule has 0 N–H and O–H groups in total. The molecule has 0 aliphatic heterocycles. The summed E-state index contributed by atoms with van der Waals surface area (Å²) in [4.78, 5) is 51.1. The molecule has 0 unspecified atom stereocenters. The Morgan fingerprint density at radius 1 is 0.484 bits per heavy atom. The average molecular weight is 2190 g/mol. The number of thiazole rings is 3. The summed E-state index contributed by atoms with van der Waals surface area (Å²) in [6.45, 7) is 4.12. The summed E-state index contributed by atoms with van der Waals surface area (Å²) in [5.74, 6) is 4.30. The number of aryl methyl sites for hydroxylation is 3. The van der Waals surface area contributed by atoms with Gasteiger partial charge in [0.1, 0.15) is 16.8 Å². The van der Waals surface area contributed by atoms with Gasteiger partial charge in [-0.25, -0.2) is 11.3 Å². The Bertz CT molecular complexity index is 4690. The van der Waals surface area contributed by atoms with Crippen LogP contribution in [0.15, 0.2) is 239 Å². The van der Waals surface area contributed by atoms with E-state index in [2.05, 4.69) is 133 Å². The summed E-state index contributed by atoms with van der Waals surface area (Å²) in [6, 6.07) is 42.8. The van der Waals surface area contributed by atoms with Crippen molar-refractivity contribution in [2.75, 3.05) is 0 Å². The molecule has 0 saturated heterocycles. The van der Waals surface area contributed by atoms with Gasteiger partial charge in [0.15, 0.2) is 6.01 Å². The van der Waals surface area contributed by atoms with E-state index >= 15 is 0 Å². The summed E-state index contributed by atoms with van der Waals surface area (Å²) >= 11 is 4.66. The van der Waals surface area contributed by atoms with Crippen LogP contribution in [0.2, 0.25) is 0 Å². The largest absolute Gasteiger partial charge is 0.516 e. The molecule has 0 saturated carbocycles. The molecule has 12 heterocycles. The number of hydrogen-bond donors (Lipinski definition) is 0. The Morgan fingerprint density at radius 2 is 1.18 bits per heavy atom. The second kappa shape index (κ2) is 36.6. The van der Waals surface area contributed by atoms with E-state index in [0.29, 0.717) is 23.5 Å². The fraction of sp³-hybridized carbons (Fsp3) is 0.0588. The van der Waals surface area contributed by atoms with E-state index in [9.17, 15) is 0 Å². The first-order valence-electron chi connectivity index (χ1n) is 27.7. The number of rotatable bonds is 11. The molecular formula is C68H50Ir5N17O2S3-5. The topological polar surface area (TPSA) is 206 Å². The van der Waals surface area contributed by atoms with Gasteiger partial charge in [-0.1, -0.05) is 146 Å². The molecule has 5 radical (unpaired) electrons. The van der Waals surface area contributed by atoms with Crippen molar-refractivity contribution in [2.24, 2.45) is 14.1 Å². The van der Waals surface area contributed by atoms with Crippen LogP contribution >= 0.6 is 34.0 Å². The zero-order valence-corrected chi connectivity index (χ0v) is 64.7. The molecule has 0 aliphatic carbocycles. The van der Waals surface area contributed by atoms with Gasteiger partial charge >= 0.3 is 0 Å². The molecule has 0 spiro atoms. The molecule has 27 heteroatoms. The van der Waals surface area contributed by atoms with Gasteiger partial charge in [0.05, 0.1) is 28.6 Å². The summed E-state index contributed by atoms with van der Waals surface area (Å²) in [5, 5.41) is 5.61. The molecule has 0 aliphatic rings. The average Bonchev–Trinajstić information content (AvgIpc) is 1.86. The maximum atomic E-state index is 5.89. The van der Waals surface area contributed by atoms with Crippen molar-refractivity contribution in [2.45, 2.75) is 13.8 Å². The van der Waals surface area contributed by atoms with Gasteiger partial charge < -0.3 is 56.6 Å². The van der Waals surface area contributed by atoms with Gasteiger partial charge in [0.25, 0.3) is 0 Å². The third-order valence-corrected chi connectivity index (χ3v) is 15.6. The SMILES string of the molecule is Cc1cc(-c2ccccc2)cc(-c2n[c-]c(-c3nccn3C)o2)c1.Cc1cnccc1-c1cnc(-c2[c-]ncs2)n1C.[Ir].[Ir].[Ir].[Ir].[Ir].[c-]1cnc(-c2ccccc2)n1-c1nccs1.[c-]1cncn1-c1ncc(-c2ccccc2)o1.[c-]1ncc(-c2cccnc2)n1-c1nccs1. The molecule has 16 rings (SSSR count). The van der Waals surface area contributed by atoms with Crippen molar-refractivity contribution in [1.29, 1.82) is 0 Å². The molecule has 19 nitrogen and oxygen atoms in total. The molecule has 487 valence electrons. The van der Waals surface area contributed by atoms with Crippen molar-refractivity contribution < 1.29 is 109 Å². The van der Waals surface area contributed by atoms with E-state index in [1.165, 1.54) is 5.56 Å². The number of benzene rings is 4. The van der Waals surface area contributed by atoms with Gasteiger partial charge in [-0.15, -0.1) is 0 Å². The van der Waals surface area contributed by atoms with Crippen LogP contribution in [0.1, 0.15) is 11.1 Å². The van der Waals surface area contributed by atoms with Gasteiger partial charge in [-0.3, -0.25) is 34.9 Å². The molecule has 0 bridgehead atoms. The zero-order chi connectivity index (χ0) is 61.4. The maximum absolute atomic E-state index is 5.89. The van der Waals surface area contributed by atoms with Crippen LogP contribution in [-0.4, -0.2) is 82.6 Å². The quantitative estimate of drug-likeness (QED) is 0.111. The number of pyridine rings is 2. The monoisotopic (exact) mass is 2200 g/mol. The Hall–Kier alpha value is -8.21. The molecule has 0 amide bonds. The second-order valence-corrected chi connectivity index (χ2v) is 22.0. The van der Waals surface area contributed by atoms with Crippen molar-refractivity contribution in [3.8, 4) is 106 Å². The van der Waals surface area contributed by atoms with Crippen LogP contribution in [0.4, 0.5) is 0 Å². The van der Waals surface area contributed by atoms with Crippen LogP contribution in [0.5, 0.6) is 0 Å². The van der Waals surface area contributed by atoms with E-state index in [0.717, 1.165) is 88.4 Å². The van der Waals surface area contributed by atoms with Gasteiger partial charge in [0, 0.05) is 205 Å². The van der Waals surface area contributed by atoms with Crippen molar-refractivity contribution >= 4 is 34.0 Å². The maximum Gasteiger partial charge on any atom is 0.191 e. The Balaban J connectivity index is 0.000000167. The van der Waals surface area contributed by atoms with Gasteiger partial charge in [-0.05, 0) is 106 Å². The minimum absolute atomic E-state index is 0. The Labute approximate surface area is 626 Å². The van der Waals surface area contributed by atoms with Crippen molar-refractivity contribution in [3.05, 3.63) is 273 Å². The zero-order valence-electron chi connectivity index (χ0n) is 50.2. The van der Waals surface area contributed by atoms with E-state index in [-0.39, 0.29) is 101 Å². The first-order chi connectivity index (χ1) is 44.3. The molecule has 95 heavy (non-hydrogen) atoms. The minimum atomic E-state index is 0. The molecule has 4 aromatic carbocycles. The smallest absolute Gasteiger partial charge is 0.191 e. The molecular weight excluding hydrogens is 2140 g/mol. The summed E-state index contributed by atoms with van der Waals surface area (Å²) in [6.07, 6.45) is 39.2. The number of hydrogen-bond acceptors (Lipinski definition) is 17. The summed E-state index contributed by atoms with van der Waals surface area (Å²) in [5.41, 5.74) is 13.6. The first kappa shape index (κ1) is 74.2. The van der Waals surface area contributed by atoms with E-state index in [1.807, 2.05) is 161 Å². The third-order valence-electron chi connectivity index (χ3n) is 13.4. The Morgan fingerprint density at radius 3 is 1.82 bits per heavy atom. The van der Waals surface area contributed by atoms with E-state index in [4.69, 9.17) is 8.83 Å². The molecule has 0 atom stereocenters. The minimum Gasteiger partial charge on any atom is -0.516 e. The first-order valence-corrected chi connectivity index (χ1v) is 30.3. The fourth-order valence-corrected chi connectivity index (χ4v) is 10.9. The second-order valence-electron chi connectivity index (χ2n) is 19.4. The van der Waals surface area contributed by atoms with E-state index < -0.39 is 0 Å². The van der Waals surface area contributed by atoms with Crippen molar-refractivity contribution in [3.63, 3.8) is 0 Å². The van der Waals surface area contributed by atoms with Crippen LogP contribution in [0.3, 0.4) is 0 Å². The standard InChI is InChI=1S/C20H16N3O.C13H11N4S.C12H8N3O.C12H8N3S.C11H7N4S.5Ir/c1-14-10-16(15-6-4-3-5-7-15)12-17(11-14)20-22-13-18(24-20)19-21-8-9-23(19)2;1-9-5-14-4-3-10(9)11-6-16-13(17(11)2)12-7-15-8-18-12;1-2-4-10(5-3-1)11-8-14-12(16-11)15-7-6-13-9-15;1-2-4-10(5-3-1)11-13-6-8-15(11)12-14-7-9-16-12;1-2-9(6-12-3-1)10-7-13-8-15(10)11-14-4-5-16-11;;;;;/h3-12H,1-2H3;3-6,8H,1-2H3;1-6,8-9H;1-7,9H;1-7H;;;;;/q5*-1;;;;;. The normalized spacial score (nSPS) is 10.1. The number of imidazole rings is 5. The van der Waals surface area contributed by atoms with Crippen LogP contribution in [0.25, 0.3) is 106 Å². The number of nitrogens with zero attached hydrogens (tertiary/aromatic N) is 17. The van der Waals surface area contributed by atoms with Crippen LogP contribution < -0.4 is 0 Å². The van der Waals surface area contributed by atoms with Gasteiger partial charge in [-0.2, -0.15) is 22.7 Å². The van der Waals surface area contributed by atoms with Crippen LogP contribution in [-0.2, 0) is 115 Å². The predicted molar refractivity (Wildman–Crippen MR) is 347 cm³/mol. The summed E-state index contributed by atoms with van der Waals surface area (Å²) < 4.78 is 20.7. The number of oxazole rings is 2. The molecule has 12 aromatic heterocycles. The molecule has 16 aromatic rings. The van der Waals surface area contributed by atoms with Crippen molar-refractivity contribution in [1.82, 2.24) is 82.6 Å². The summed E-state index contributed by atoms with van der Waals surface area (Å²) in [7, 11) is 3.92. The van der Waals surface area contributed by atoms with Crippen LogP contribution in [0, 0.1) is 45.0 Å². The Kier molecular flexibility index (Phi) is 28.6. The third kappa shape index (κ3) is 18.6. The molecule has 0 fully saturated rings. The number of aromatic nitrogens is 17. The van der Waals surface area contributed by atoms with Gasteiger partial charge in [0.2, 0.25) is 0 Å². The predicted octanol–water partition coefficient (Wildman–Crippen LogP) is 14.5.